The number of ether oxygens (including phenoxy) is 3. The summed E-state index contributed by atoms with van der Waals surface area (Å²) in [5.41, 5.74) is 0.503. The molecule has 10 nitrogen and oxygen atoms in total. The number of rotatable bonds is 4. The first-order chi connectivity index (χ1) is 16.5. The van der Waals surface area contributed by atoms with Crippen molar-refractivity contribution in [1.82, 2.24) is 9.80 Å². The van der Waals surface area contributed by atoms with Crippen molar-refractivity contribution in [3.8, 4) is 5.75 Å². The van der Waals surface area contributed by atoms with E-state index < -0.39 is 10.0 Å². The molecular formula is C24H37N3O7S. The molecule has 0 saturated carbocycles. The van der Waals surface area contributed by atoms with E-state index in [2.05, 4.69) is 4.72 Å². The molecule has 3 atom stereocenters. The Morgan fingerprint density at radius 3 is 2.49 bits per heavy atom. The summed E-state index contributed by atoms with van der Waals surface area (Å²) in [5.74, 6) is -0.0313. The smallest absolute Gasteiger partial charge is 0.257 e. The van der Waals surface area contributed by atoms with Crippen molar-refractivity contribution in [2.45, 2.75) is 38.8 Å². The molecule has 2 heterocycles. The van der Waals surface area contributed by atoms with Crippen molar-refractivity contribution in [3.05, 3.63) is 23.8 Å². The van der Waals surface area contributed by atoms with Crippen LogP contribution in [-0.2, 0) is 24.3 Å². The summed E-state index contributed by atoms with van der Waals surface area (Å²) in [6.45, 7) is 6.06. The van der Waals surface area contributed by atoms with Gasteiger partial charge >= 0.3 is 0 Å². The van der Waals surface area contributed by atoms with Gasteiger partial charge in [-0.2, -0.15) is 0 Å². The number of hydrogen-bond donors (Lipinski definition) is 1. The average Bonchev–Trinajstić information content (AvgIpc) is 2.82. The largest absolute Gasteiger partial charge is 0.491 e. The lowest BCUT2D eigenvalue weighted by atomic mass is 9.95. The zero-order chi connectivity index (χ0) is 25.8. The fourth-order valence-electron chi connectivity index (χ4n) is 4.54. The lowest BCUT2D eigenvalue weighted by Crippen LogP contribution is -2.50. The lowest BCUT2D eigenvalue weighted by Gasteiger charge is -2.38. The SMILES string of the molecule is CO[C@@H]1CN(C)C(=O)c2cc(NS(C)(=O)=O)ccc2OC[C@H](C)N(C(=O)C2CCOCC2)C[C@H]1C. The van der Waals surface area contributed by atoms with Crippen molar-refractivity contribution in [2.75, 3.05) is 58.0 Å². The molecule has 0 aliphatic carbocycles. The van der Waals surface area contributed by atoms with Gasteiger partial charge in [0.05, 0.1) is 24.0 Å². The minimum Gasteiger partial charge on any atom is -0.491 e. The Hall–Kier alpha value is -2.37. The second-order valence-electron chi connectivity index (χ2n) is 9.56. The van der Waals surface area contributed by atoms with Crippen LogP contribution >= 0.6 is 0 Å². The highest BCUT2D eigenvalue weighted by Gasteiger charge is 2.33. The Balaban J connectivity index is 1.95. The summed E-state index contributed by atoms with van der Waals surface area (Å²) in [6, 6.07) is 4.35. The number of likely N-dealkylation sites (N-methyl/N-ethyl adjacent to an activating group) is 1. The highest BCUT2D eigenvalue weighted by molar-refractivity contribution is 7.92. The molecule has 1 aromatic rings. The Morgan fingerprint density at radius 2 is 1.86 bits per heavy atom. The second-order valence-corrected chi connectivity index (χ2v) is 11.3. The number of fused-ring (bicyclic) bond motifs is 1. The van der Waals surface area contributed by atoms with Gasteiger partial charge in [-0.25, -0.2) is 8.42 Å². The molecular weight excluding hydrogens is 474 g/mol. The summed E-state index contributed by atoms with van der Waals surface area (Å²) in [7, 11) is -0.251. The highest BCUT2D eigenvalue weighted by Crippen LogP contribution is 2.28. The third-order valence-corrected chi connectivity index (χ3v) is 7.21. The van der Waals surface area contributed by atoms with Gasteiger partial charge in [0.25, 0.3) is 5.91 Å². The van der Waals surface area contributed by atoms with E-state index in [1.807, 2.05) is 18.7 Å². The predicted octanol–water partition coefficient (Wildman–Crippen LogP) is 1.82. The molecule has 0 aromatic heterocycles. The van der Waals surface area contributed by atoms with E-state index in [4.69, 9.17) is 14.2 Å². The average molecular weight is 512 g/mol. The minimum atomic E-state index is -3.52. The van der Waals surface area contributed by atoms with E-state index in [0.29, 0.717) is 44.9 Å². The van der Waals surface area contributed by atoms with Gasteiger partial charge in [-0.1, -0.05) is 6.92 Å². The van der Waals surface area contributed by atoms with E-state index in [1.165, 1.54) is 11.0 Å². The van der Waals surface area contributed by atoms with Gasteiger partial charge in [-0.3, -0.25) is 14.3 Å². The molecule has 0 radical (unpaired) electrons. The highest BCUT2D eigenvalue weighted by atomic mass is 32.2. The van der Waals surface area contributed by atoms with E-state index in [1.54, 1.807) is 26.3 Å². The number of anilines is 1. The number of carbonyl (C=O) groups is 2. The Labute approximate surface area is 207 Å². The number of methoxy groups -OCH3 is 1. The van der Waals surface area contributed by atoms with Gasteiger partial charge in [0, 0.05) is 58.0 Å². The first-order valence-corrected chi connectivity index (χ1v) is 13.8. The quantitative estimate of drug-likeness (QED) is 0.656. The number of hydrogen-bond acceptors (Lipinski definition) is 7. The topological polar surface area (TPSA) is 114 Å². The third-order valence-electron chi connectivity index (χ3n) is 6.60. The summed E-state index contributed by atoms with van der Waals surface area (Å²) >= 11 is 0. The molecule has 35 heavy (non-hydrogen) atoms. The predicted molar refractivity (Wildman–Crippen MR) is 132 cm³/mol. The maximum atomic E-state index is 13.5. The Kier molecular flexibility index (Phi) is 9.00. The van der Waals surface area contributed by atoms with Crippen molar-refractivity contribution >= 4 is 27.5 Å². The van der Waals surface area contributed by atoms with Crippen LogP contribution in [0.1, 0.15) is 37.0 Å². The molecule has 2 aliphatic heterocycles. The minimum absolute atomic E-state index is 0.0429. The maximum Gasteiger partial charge on any atom is 0.257 e. The van der Waals surface area contributed by atoms with Crippen LogP contribution in [0, 0.1) is 11.8 Å². The molecule has 2 amide bonds. The van der Waals surface area contributed by atoms with Gasteiger partial charge in [0.1, 0.15) is 12.4 Å². The number of nitrogens with one attached hydrogen (secondary N) is 1. The molecule has 0 spiro atoms. The van der Waals surface area contributed by atoms with Crippen LogP contribution in [0.3, 0.4) is 0 Å². The van der Waals surface area contributed by atoms with Crippen molar-refractivity contribution in [2.24, 2.45) is 11.8 Å². The summed E-state index contributed by atoms with van der Waals surface area (Å²) < 4.78 is 43.1. The maximum absolute atomic E-state index is 13.5. The van der Waals surface area contributed by atoms with Gasteiger partial charge in [-0.05, 0) is 38.0 Å². The van der Waals surface area contributed by atoms with Gasteiger partial charge in [0.15, 0.2) is 0 Å². The normalized spacial score (nSPS) is 25.2. The Morgan fingerprint density at radius 1 is 1.17 bits per heavy atom. The van der Waals surface area contributed by atoms with Crippen LogP contribution in [0.4, 0.5) is 5.69 Å². The summed E-state index contributed by atoms with van der Waals surface area (Å²) in [5, 5.41) is 0. The first-order valence-electron chi connectivity index (χ1n) is 11.9. The summed E-state index contributed by atoms with van der Waals surface area (Å²) in [4.78, 5) is 30.2. The van der Waals surface area contributed by atoms with E-state index >= 15 is 0 Å². The van der Waals surface area contributed by atoms with Crippen molar-refractivity contribution < 1.29 is 32.2 Å². The molecule has 1 aromatic carbocycles. The van der Waals surface area contributed by atoms with Crippen LogP contribution in [0.15, 0.2) is 18.2 Å². The standard InChI is InChI=1S/C24H37N3O7S/c1-16-13-27(23(28)18-8-10-33-11-9-18)17(2)15-34-21-7-6-19(25-35(5,30)31)12-20(21)24(29)26(3)14-22(16)32-4/h6-7,12,16-18,22,25H,8-11,13-15H2,1-5H3/t16-,17+,22-/m1/s1. The van der Waals surface area contributed by atoms with Gasteiger partial charge in [-0.15, -0.1) is 0 Å². The number of sulfonamides is 1. The molecule has 3 rings (SSSR count). The molecule has 1 fully saturated rings. The van der Waals surface area contributed by atoms with Gasteiger partial charge < -0.3 is 24.0 Å². The van der Waals surface area contributed by atoms with Crippen LogP contribution in [-0.4, -0.2) is 95.5 Å². The number of amides is 2. The first kappa shape index (κ1) is 27.2. The Bertz CT molecular complexity index is 1010. The zero-order valence-electron chi connectivity index (χ0n) is 21.2. The fourth-order valence-corrected chi connectivity index (χ4v) is 5.10. The molecule has 1 saturated heterocycles. The monoisotopic (exact) mass is 511 g/mol. The molecule has 0 bridgehead atoms. The van der Waals surface area contributed by atoms with E-state index in [-0.39, 0.29) is 53.7 Å². The van der Waals surface area contributed by atoms with Crippen LogP contribution in [0.5, 0.6) is 5.75 Å². The van der Waals surface area contributed by atoms with E-state index in [9.17, 15) is 18.0 Å². The third kappa shape index (κ3) is 7.08. The van der Waals surface area contributed by atoms with Crippen LogP contribution < -0.4 is 9.46 Å². The van der Waals surface area contributed by atoms with Crippen molar-refractivity contribution in [1.29, 1.82) is 0 Å². The number of nitrogens with zero attached hydrogens (tertiary/aromatic N) is 2. The summed E-state index contributed by atoms with van der Waals surface area (Å²) in [6.07, 6.45) is 2.14. The molecule has 11 heteroatoms. The van der Waals surface area contributed by atoms with Crippen LogP contribution in [0.2, 0.25) is 0 Å². The lowest BCUT2D eigenvalue weighted by molar-refractivity contribution is -0.142. The van der Waals surface area contributed by atoms with E-state index in [0.717, 1.165) is 6.26 Å². The van der Waals surface area contributed by atoms with Crippen molar-refractivity contribution in [3.63, 3.8) is 0 Å². The number of carbonyl (C=O) groups excluding carboxylic acids is 2. The molecule has 2 aliphatic rings. The zero-order valence-corrected chi connectivity index (χ0v) is 22.0. The number of benzene rings is 1. The second kappa shape index (κ2) is 11.6. The van der Waals surface area contributed by atoms with Crippen LogP contribution in [0.25, 0.3) is 0 Å². The molecule has 196 valence electrons. The molecule has 0 unspecified atom stereocenters. The fraction of sp³-hybridized carbons (Fsp3) is 0.667. The van der Waals surface area contributed by atoms with Gasteiger partial charge in [0.2, 0.25) is 15.9 Å². The molecule has 1 N–H and O–H groups in total.